The highest BCUT2D eigenvalue weighted by Gasteiger charge is 2.26. The Hall–Kier alpha value is -3.20. The van der Waals surface area contributed by atoms with E-state index in [2.05, 4.69) is 42.4 Å². The van der Waals surface area contributed by atoms with E-state index in [0.717, 1.165) is 43.9 Å². The van der Waals surface area contributed by atoms with Gasteiger partial charge in [-0.25, -0.2) is 4.98 Å². The van der Waals surface area contributed by atoms with Gasteiger partial charge in [-0.3, -0.25) is 4.79 Å². The summed E-state index contributed by atoms with van der Waals surface area (Å²) in [6.07, 6.45) is 8.31. The molecule has 0 radical (unpaired) electrons. The number of ether oxygens (including phenoxy) is 1. The molecule has 0 spiro atoms. The second-order valence-corrected chi connectivity index (χ2v) is 9.61. The minimum Gasteiger partial charge on any atom is -0.463 e. The third-order valence-corrected chi connectivity index (χ3v) is 6.66. The van der Waals surface area contributed by atoms with Crippen molar-refractivity contribution in [2.45, 2.75) is 31.6 Å². The highest BCUT2D eigenvalue weighted by molar-refractivity contribution is 5.93. The molecule has 2 aliphatic rings. The van der Waals surface area contributed by atoms with Crippen LogP contribution in [0.5, 0.6) is 6.01 Å². The fraction of sp³-hybridized carbons (Fsp3) is 0.520. The topological polar surface area (TPSA) is 99.3 Å². The lowest BCUT2D eigenvalue weighted by molar-refractivity contribution is 0.0944. The molecule has 2 N–H and O–H groups in total. The Morgan fingerprint density at radius 3 is 2.82 bits per heavy atom. The Morgan fingerprint density at radius 1 is 1.24 bits per heavy atom. The number of amides is 1. The zero-order valence-electron chi connectivity index (χ0n) is 20.0. The quantitative estimate of drug-likeness (QED) is 0.503. The molecule has 180 valence electrons. The fourth-order valence-corrected chi connectivity index (χ4v) is 4.45. The van der Waals surface area contributed by atoms with Gasteiger partial charge in [-0.2, -0.15) is 9.97 Å². The van der Waals surface area contributed by atoms with Crippen molar-refractivity contribution in [3.63, 3.8) is 0 Å². The van der Waals surface area contributed by atoms with Crippen molar-refractivity contribution < 1.29 is 9.53 Å². The number of anilines is 1. The Bertz CT molecular complexity index is 1130. The van der Waals surface area contributed by atoms with Gasteiger partial charge in [-0.15, -0.1) is 0 Å². The van der Waals surface area contributed by atoms with Crippen LogP contribution in [0.15, 0.2) is 30.6 Å². The van der Waals surface area contributed by atoms with E-state index in [4.69, 9.17) is 4.74 Å². The van der Waals surface area contributed by atoms with Crippen molar-refractivity contribution in [3.8, 4) is 6.01 Å². The molecule has 0 unspecified atom stereocenters. The second-order valence-electron chi connectivity index (χ2n) is 9.61. The van der Waals surface area contributed by atoms with E-state index in [0.29, 0.717) is 36.7 Å². The number of likely N-dealkylation sites (N-methyl/N-ethyl adjacent to an activating group) is 1. The first-order valence-electron chi connectivity index (χ1n) is 12.2. The maximum absolute atomic E-state index is 12.8. The number of H-pyrrole nitrogens is 1. The first-order chi connectivity index (χ1) is 16.6. The molecule has 9 nitrogen and oxygen atoms in total. The van der Waals surface area contributed by atoms with E-state index >= 15 is 0 Å². The normalized spacial score (nSPS) is 16.9. The van der Waals surface area contributed by atoms with Gasteiger partial charge in [-0.05, 0) is 69.3 Å². The highest BCUT2D eigenvalue weighted by atomic mass is 16.5. The second kappa shape index (κ2) is 9.97. The van der Waals surface area contributed by atoms with Gasteiger partial charge in [-0.1, -0.05) is 0 Å². The summed E-state index contributed by atoms with van der Waals surface area (Å²) in [6, 6.07) is 6.22. The first kappa shape index (κ1) is 22.6. The number of hydrogen-bond donors (Lipinski definition) is 2. The summed E-state index contributed by atoms with van der Waals surface area (Å²) in [4.78, 5) is 33.9. The number of carbonyl (C=O) groups excluding carboxylic acids is 1. The standard InChI is InChI=1S/C25H33N7O2/c1-31(2)13-10-27-24(33)21-14-22(30-25(29-21)34-16-17-5-6-17)32-11-7-18(8-12-32)20-15-28-23-19(20)4-3-9-26-23/h3-4,9,14-15,17-18H,5-8,10-13,16H2,1-2H3,(H,26,28)(H,27,33). The Morgan fingerprint density at radius 2 is 2.06 bits per heavy atom. The summed E-state index contributed by atoms with van der Waals surface area (Å²) in [7, 11) is 3.96. The predicted octanol–water partition coefficient (Wildman–Crippen LogP) is 2.82. The van der Waals surface area contributed by atoms with Gasteiger partial charge in [0.1, 0.15) is 17.2 Å². The molecule has 1 amide bonds. The first-order valence-corrected chi connectivity index (χ1v) is 12.2. The molecule has 3 aromatic rings. The summed E-state index contributed by atoms with van der Waals surface area (Å²) in [6.45, 7) is 3.67. The van der Waals surface area contributed by atoms with Gasteiger partial charge in [0.15, 0.2) is 0 Å². The number of fused-ring (bicyclic) bond motifs is 1. The van der Waals surface area contributed by atoms with Crippen LogP contribution in [0.1, 0.15) is 47.7 Å². The SMILES string of the molecule is CN(C)CCNC(=O)c1cc(N2CCC(c3c[nH]c4ncccc34)CC2)nc(OCC2CC2)n1. The summed E-state index contributed by atoms with van der Waals surface area (Å²) >= 11 is 0. The third kappa shape index (κ3) is 5.30. The molecule has 3 aromatic heterocycles. The molecule has 5 rings (SSSR count). The number of carbonyl (C=O) groups is 1. The van der Waals surface area contributed by atoms with Crippen LogP contribution in [0.2, 0.25) is 0 Å². The van der Waals surface area contributed by atoms with Crippen molar-refractivity contribution in [1.29, 1.82) is 0 Å². The molecule has 0 aromatic carbocycles. The number of aromatic amines is 1. The smallest absolute Gasteiger partial charge is 0.319 e. The fourth-order valence-electron chi connectivity index (χ4n) is 4.45. The van der Waals surface area contributed by atoms with Gasteiger partial charge >= 0.3 is 6.01 Å². The van der Waals surface area contributed by atoms with Crippen LogP contribution in [0.25, 0.3) is 11.0 Å². The van der Waals surface area contributed by atoms with Crippen LogP contribution >= 0.6 is 0 Å². The maximum atomic E-state index is 12.8. The van der Waals surface area contributed by atoms with Gasteiger partial charge < -0.3 is 24.8 Å². The van der Waals surface area contributed by atoms with E-state index in [9.17, 15) is 4.79 Å². The zero-order valence-corrected chi connectivity index (χ0v) is 20.0. The number of piperidine rings is 1. The van der Waals surface area contributed by atoms with Gasteiger partial charge in [0, 0.05) is 50.0 Å². The van der Waals surface area contributed by atoms with E-state index in [-0.39, 0.29) is 5.91 Å². The molecular weight excluding hydrogens is 430 g/mol. The van der Waals surface area contributed by atoms with Crippen molar-refractivity contribution in [1.82, 2.24) is 30.2 Å². The molecule has 0 bridgehead atoms. The average Bonchev–Trinajstić information content (AvgIpc) is 3.59. The molecule has 1 aliphatic carbocycles. The van der Waals surface area contributed by atoms with Crippen LogP contribution in [0.3, 0.4) is 0 Å². The van der Waals surface area contributed by atoms with Crippen LogP contribution in [0, 0.1) is 5.92 Å². The molecule has 4 heterocycles. The van der Waals surface area contributed by atoms with Gasteiger partial charge in [0.2, 0.25) is 0 Å². The zero-order chi connectivity index (χ0) is 23.5. The molecule has 34 heavy (non-hydrogen) atoms. The molecule has 0 atom stereocenters. The lowest BCUT2D eigenvalue weighted by Gasteiger charge is -2.33. The Labute approximate surface area is 199 Å². The molecule has 9 heteroatoms. The van der Waals surface area contributed by atoms with Crippen molar-refractivity contribution in [2.24, 2.45) is 5.92 Å². The van der Waals surface area contributed by atoms with Crippen molar-refractivity contribution in [2.75, 3.05) is 51.8 Å². The minimum atomic E-state index is -0.192. The van der Waals surface area contributed by atoms with E-state index in [1.165, 1.54) is 23.8 Å². The Balaban J connectivity index is 1.29. The van der Waals surface area contributed by atoms with Crippen molar-refractivity contribution in [3.05, 3.63) is 41.9 Å². The largest absolute Gasteiger partial charge is 0.463 e. The summed E-state index contributed by atoms with van der Waals surface area (Å²) in [5.74, 6) is 1.63. The van der Waals surface area contributed by atoms with E-state index < -0.39 is 0 Å². The summed E-state index contributed by atoms with van der Waals surface area (Å²) < 4.78 is 5.87. The minimum absolute atomic E-state index is 0.192. The third-order valence-electron chi connectivity index (χ3n) is 6.66. The molecule has 2 fully saturated rings. The lowest BCUT2D eigenvalue weighted by Crippen LogP contribution is -2.35. The number of pyridine rings is 1. The molecule has 1 aliphatic heterocycles. The number of nitrogens with one attached hydrogen (secondary N) is 2. The predicted molar refractivity (Wildman–Crippen MR) is 131 cm³/mol. The summed E-state index contributed by atoms with van der Waals surface area (Å²) in [5.41, 5.74) is 2.64. The molecular formula is C25H33N7O2. The van der Waals surface area contributed by atoms with Crippen LogP contribution in [-0.4, -0.2) is 77.6 Å². The highest BCUT2D eigenvalue weighted by Crippen LogP contribution is 2.34. The van der Waals surface area contributed by atoms with Gasteiger partial charge in [0.25, 0.3) is 5.91 Å². The average molecular weight is 464 g/mol. The Kier molecular flexibility index (Phi) is 6.62. The number of hydrogen-bond acceptors (Lipinski definition) is 7. The maximum Gasteiger partial charge on any atom is 0.319 e. The van der Waals surface area contributed by atoms with Crippen LogP contribution < -0.4 is 15.0 Å². The number of rotatable bonds is 9. The van der Waals surface area contributed by atoms with Crippen molar-refractivity contribution >= 4 is 22.8 Å². The monoisotopic (exact) mass is 463 g/mol. The number of nitrogens with zero attached hydrogens (tertiary/aromatic N) is 5. The molecule has 1 saturated carbocycles. The van der Waals surface area contributed by atoms with E-state index in [1.54, 1.807) is 6.07 Å². The van der Waals surface area contributed by atoms with Crippen LogP contribution in [0.4, 0.5) is 5.82 Å². The van der Waals surface area contributed by atoms with E-state index in [1.807, 2.05) is 31.3 Å². The number of aromatic nitrogens is 4. The molecule has 1 saturated heterocycles. The van der Waals surface area contributed by atoms with Gasteiger partial charge in [0.05, 0.1) is 6.61 Å². The van der Waals surface area contributed by atoms with Crippen LogP contribution in [-0.2, 0) is 0 Å². The summed E-state index contributed by atoms with van der Waals surface area (Å²) in [5, 5.41) is 4.16. The lowest BCUT2D eigenvalue weighted by atomic mass is 9.89.